The molecule has 7 nitrogen and oxygen atoms in total. The molecule has 0 aliphatic heterocycles. The number of ether oxygens (including phenoxy) is 2. The van der Waals surface area contributed by atoms with Crippen molar-refractivity contribution < 1.29 is 27.8 Å². The minimum absolute atomic E-state index is 0.0529. The molecule has 2 rings (SSSR count). The molecular weight excluding hydrogens is 312 g/mol. The minimum Gasteiger partial charge on any atom is -0.468 e. The zero-order valence-corrected chi connectivity index (χ0v) is 12.1. The van der Waals surface area contributed by atoms with E-state index in [1.807, 2.05) is 0 Å². The summed E-state index contributed by atoms with van der Waals surface area (Å²) in [6, 6.07) is 4.31. The summed E-state index contributed by atoms with van der Waals surface area (Å²) in [7, 11) is 1.20. The lowest BCUT2D eigenvalue weighted by atomic mass is 10.3. The number of carbonyl (C=O) groups is 2. The number of nitrogens with zero attached hydrogens (tertiary/aromatic N) is 2. The molecule has 1 heterocycles. The molecule has 0 spiro atoms. The standard InChI is InChI=1S/C14H13F2N3O4/c1-22-13(20)7-17-14(21)11-4-5-19(18-11)8-23-12-3-2-9(15)6-10(12)16/h2-6H,7-8H2,1H3,(H,17,21). The van der Waals surface area contributed by atoms with E-state index in [2.05, 4.69) is 15.2 Å². The first-order chi connectivity index (χ1) is 11.0. The van der Waals surface area contributed by atoms with Crippen LogP contribution in [0.5, 0.6) is 5.75 Å². The van der Waals surface area contributed by atoms with Crippen LogP contribution in [0.2, 0.25) is 0 Å². The topological polar surface area (TPSA) is 82.5 Å². The fraction of sp³-hybridized carbons (Fsp3) is 0.214. The number of esters is 1. The summed E-state index contributed by atoms with van der Waals surface area (Å²) in [4.78, 5) is 22.6. The Morgan fingerprint density at radius 1 is 1.30 bits per heavy atom. The van der Waals surface area contributed by atoms with E-state index in [4.69, 9.17) is 4.74 Å². The van der Waals surface area contributed by atoms with Crippen LogP contribution in [0.25, 0.3) is 0 Å². The van der Waals surface area contributed by atoms with Crippen LogP contribution in [-0.2, 0) is 16.3 Å². The lowest BCUT2D eigenvalue weighted by Crippen LogP contribution is -2.30. The van der Waals surface area contributed by atoms with Crippen LogP contribution in [0.4, 0.5) is 8.78 Å². The number of methoxy groups -OCH3 is 1. The van der Waals surface area contributed by atoms with E-state index < -0.39 is 23.5 Å². The van der Waals surface area contributed by atoms with Crippen molar-refractivity contribution in [2.24, 2.45) is 0 Å². The van der Waals surface area contributed by atoms with Crippen LogP contribution in [-0.4, -0.2) is 35.3 Å². The molecule has 0 saturated heterocycles. The number of hydrogen-bond acceptors (Lipinski definition) is 5. The van der Waals surface area contributed by atoms with Gasteiger partial charge in [-0.15, -0.1) is 0 Å². The fourth-order valence-electron chi connectivity index (χ4n) is 1.60. The van der Waals surface area contributed by atoms with E-state index in [1.165, 1.54) is 24.1 Å². The number of hydrogen-bond donors (Lipinski definition) is 1. The van der Waals surface area contributed by atoms with E-state index >= 15 is 0 Å². The number of amides is 1. The summed E-state index contributed by atoms with van der Waals surface area (Å²) in [5.41, 5.74) is 0.0529. The van der Waals surface area contributed by atoms with Crippen molar-refractivity contribution >= 4 is 11.9 Å². The second-order valence-corrected chi connectivity index (χ2v) is 4.35. The molecule has 0 saturated carbocycles. The summed E-state index contributed by atoms with van der Waals surface area (Å²) in [5.74, 6) is -2.85. The monoisotopic (exact) mass is 325 g/mol. The minimum atomic E-state index is -0.840. The number of carbonyl (C=O) groups excluding carboxylic acids is 2. The summed E-state index contributed by atoms with van der Waals surface area (Å²) in [6.07, 6.45) is 1.44. The number of aromatic nitrogens is 2. The first-order valence-electron chi connectivity index (χ1n) is 6.46. The molecule has 0 radical (unpaired) electrons. The largest absolute Gasteiger partial charge is 0.468 e. The zero-order valence-electron chi connectivity index (χ0n) is 12.1. The van der Waals surface area contributed by atoms with Gasteiger partial charge in [0.1, 0.15) is 18.1 Å². The van der Waals surface area contributed by atoms with Gasteiger partial charge in [0, 0.05) is 12.3 Å². The molecule has 1 N–H and O–H groups in total. The van der Waals surface area contributed by atoms with Crippen LogP contribution in [0.1, 0.15) is 10.5 Å². The third-order valence-corrected chi connectivity index (χ3v) is 2.74. The van der Waals surface area contributed by atoms with E-state index in [0.29, 0.717) is 6.07 Å². The Morgan fingerprint density at radius 3 is 2.78 bits per heavy atom. The van der Waals surface area contributed by atoms with E-state index in [0.717, 1.165) is 12.1 Å². The van der Waals surface area contributed by atoms with Crippen LogP contribution >= 0.6 is 0 Å². The van der Waals surface area contributed by atoms with Crippen molar-refractivity contribution in [2.45, 2.75) is 6.73 Å². The summed E-state index contributed by atoms with van der Waals surface area (Å²) < 4.78 is 36.9. The quantitative estimate of drug-likeness (QED) is 0.804. The van der Waals surface area contributed by atoms with Gasteiger partial charge in [-0.25, -0.2) is 13.5 Å². The highest BCUT2D eigenvalue weighted by molar-refractivity contribution is 5.94. The molecule has 1 aromatic heterocycles. The van der Waals surface area contributed by atoms with Crippen LogP contribution in [0, 0.1) is 11.6 Å². The molecule has 9 heteroatoms. The summed E-state index contributed by atoms with van der Waals surface area (Å²) in [5, 5.41) is 6.23. The lowest BCUT2D eigenvalue weighted by Gasteiger charge is -2.07. The average molecular weight is 325 g/mol. The maximum atomic E-state index is 13.4. The van der Waals surface area contributed by atoms with Gasteiger partial charge in [-0.1, -0.05) is 0 Å². The molecule has 0 bridgehead atoms. The number of rotatable bonds is 6. The Morgan fingerprint density at radius 2 is 2.09 bits per heavy atom. The predicted molar refractivity (Wildman–Crippen MR) is 73.6 cm³/mol. The maximum Gasteiger partial charge on any atom is 0.325 e. The van der Waals surface area contributed by atoms with Gasteiger partial charge < -0.3 is 14.8 Å². The fourth-order valence-corrected chi connectivity index (χ4v) is 1.60. The van der Waals surface area contributed by atoms with Crippen LogP contribution in [0.3, 0.4) is 0 Å². The average Bonchev–Trinajstić information content (AvgIpc) is 3.00. The Kier molecular flexibility index (Phi) is 5.23. The SMILES string of the molecule is COC(=O)CNC(=O)c1ccn(COc2ccc(F)cc2F)n1. The molecule has 1 aromatic carbocycles. The van der Waals surface area contributed by atoms with E-state index in [9.17, 15) is 18.4 Å². The number of benzene rings is 1. The van der Waals surface area contributed by atoms with Crippen molar-refractivity contribution in [3.8, 4) is 5.75 Å². The first-order valence-corrected chi connectivity index (χ1v) is 6.46. The molecule has 0 atom stereocenters. The molecule has 0 aliphatic carbocycles. The highest BCUT2D eigenvalue weighted by atomic mass is 19.1. The molecule has 0 unspecified atom stereocenters. The van der Waals surface area contributed by atoms with Gasteiger partial charge in [0.05, 0.1) is 7.11 Å². The summed E-state index contributed by atoms with van der Waals surface area (Å²) >= 11 is 0. The Balaban J connectivity index is 1.91. The normalized spacial score (nSPS) is 10.2. The van der Waals surface area contributed by atoms with Crippen molar-refractivity contribution in [1.29, 1.82) is 0 Å². The summed E-state index contributed by atoms with van der Waals surface area (Å²) in [6.45, 7) is -0.452. The predicted octanol–water partition coefficient (Wildman–Crippen LogP) is 1.10. The molecule has 0 fully saturated rings. The molecular formula is C14H13F2N3O4. The maximum absolute atomic E-state index is 13.4. The van der Waals surface area contributed by atoms with Gasteiger partial charge >= 0.3 is 5.97 Å². The van der Waals surface area contributed by atoms with Gasteiger partial charge in [0.15, 0.2) is 18.3 Å². The Hall–Kier alpha value is -2.97. The Labute approximate surface area is 129 Å². The molecule has 2 aromatic rings. The number of nitrogens with one attached hydrogen (secondary N) is 1. The second-order valence-electron chi connectivity index (χ2n) is 4.35. The second kappa shape index (κ2) is 7.34. The molecule has 23 heavy (non-hydrogen) atoms. The smallest absolute Gasteiger partial charge is 0.325 e. The van der Waals surface area contributed by atoms with Gasteiger partial charge in [-0.2, -0.15) is 5.10 Å². The van der Waals surface area contributed by atoms with Crippen molar-refractivity contribution in [1.82, 2.24) is 15.1 Å². The third-order valence-electron chi connectivity index (χ3n) is 2.74. The van der Waals surface area contributed by atoms with Crippen LogP contribution < -0.4 is 10.1 Å². The van der Waals surface area contributed by atoms with Gasteiger partial charge in [0.25, 0.3) is 5.91 Å². The molecule has 122 valence electrons. The van der Waals surface area contributed by atoms with Gasteiger partial charge in [-0.05, 0) is 18.2 Å². The first kappa shape index (κ1) is 16.4. The van der Waals surface area contributed by atoms with Crippen molar-refractivity contribution in [2.75, 3.05) is 13.7 Å². The number of halogens is 2. The van der Waals surface area contributed by atoms with Gasteiger partial charge in [0.2, 0.25) is 0 Å². The van der Waals surface area contributed by atoms with Gasteiger partial charge in [-0.3, -0.25) is 9.59 Å². The highest BCUT2D eigenvalue weighted by Crippen LogP contribution is 2.17. The van der Waals surface area contributed by atoms with Crippen LogP contribution in [0.15, 0.2) is 30.5 Å². The zero-order chi connectivity index (χ0) is 16.8. The third kappa shape index (κ3) is 4.50. The van der Waals surface area contributed by atoms with E-state index in [1.54, 1.807) is 0 Å². The van der Waals surface area contributed by atoms with E-state index in [-0.39, 0.29) is 24.7 Å². The molecule has 0 aliphatic rings. The van der Waals surface area contributed by atoms with Crippen molar-refractivity contribution in [3.05, 3.63) is 47.8 Å². The Bertz CT molecular complexity index is 718. The molecule has 1 amide bonds. The highest BCUT2D eigenvalue weighted by Gasteiger charge is 2.12. The van der Waals surface area contributed by atoms with Crippen molar-refractivity contribution in [3.63, 3.8) is 0 Å². The lowest BCUT2D eigenvalue weighted by molar-refractivity contribution is -0.139.